The Morgan fingerprint density at radius 1 is 1.00 bits per heavy atom. The van der Waals surface area contributed by atoms with Gasteiger partial charge in [0.15, 0.2) is 6.29 Å². The van der Waals surface area contributed by atoms with Crippen molar-refractivity contribution in [2.45, 2.75) is 47.8 Å². The van der Waals surface area contributed by atoms with Crippen LogP contribution in [0.2, 0.25) is 0 Å². The molecule has 0 aliphatic carbocycles. The molecule has 0 unspecified atom stereocenters. The number of carbonyl (C=O) groups excluding carboxylic acids is 1. The fourth-order valence-corrected chi connectivity index (χ4v) is 0.858. The molecule has 15 heavy (non-hydrogen) atoms. The molecule has 3 heteroatoms. The average Bonchev–Trinajstić information content (AvgIpc) is 2.54. The summed E-state index contributed by atoms with van der Waals surface area (Å²) in [7, 11) is 0. The molecule has 1 aliphatic rings. The van der Waals surface area contributed by atoms with Crippen LogP contribution in [0.15, 0.2) is 0 Å². The highest BCUT2D eigenvalue weighted by molar-refractivity contribution is 5.56. The minimum Gasteiger partial charge on any atom is -0.350 e. The zero-order valence-corrected chi connectivity index (χ0v) is 10.8. The SMILES string of the molecule is CC(C)(C)C1OCCO1.CC(C)(C)C=O. The van der Waals surface area contributed by atoms with Crippen molar-refractivity contribution < 1.29 is 14.3 Å². The Morgan fingerprint density at radius 3 is 1.47 bits per heavy atom. The molecule has 0 amide bonds. The Hall–Kier alpha value is -0.410. The van der Waals surface area contributed by atoms with Crippen LogP contribution in [0.4, 0.5) is 0 Å². The predicted molar refractivity (Wildman–Crippen MR) is 60.7 cm³/mol. The Morgan fingerprint density at radius 2 is 1.33 bits per heavy atom. The summed E-state index contributed by atoms with van der Waals surface area (Å²) in [5.41, 5.74) is -0.00347. The van der Waals surface area contributed by atoms with Crippen LogP contribution < -0.4 is 0 Å². The average molecular weight is 216 g/mol. The number of hydrogen-bond donors (Lipinski definition) is 0. The topological polar surface area (TPSA) is 35.5 Å². The lowest BCUT2D eigenvalue weighted by Gasteiger charge is -2.24. The third-order valence-corrected chi connectivity index (χ3v) is 1.68. The lowest BCUT2D eigenvalue weighted by atomic mass is 9.96. The largest absolute Gasteiger partial charge is 0.350 e. The summed E-state index contributed by atoms with van der Waals surface area (Å²) in [5, 5.41) is 0. The van der Waals surface area contributed by atoms with Crippen LogP contribution in [0.5, 0.6) is 0 Å². The van der Waals surface area contributed by atoms with Gasteiger partial charge in [0.25, 0.3) is 0 Å². The van der Waals surface area contributed by atoms with E-state index >= 15 is 0 Å². The van der Waals surface area contributed by atoms with Gasteiger partial charge >= 0.3 is 0 Å². The van der Waals surface area contributed by atoms with Gasteiger partial charge in [-0.15, -0.1) is 0 Å². The molecule has 0 spiro atoms. The number of aldehydes is 1. The van der Waals surface area contributed by atoms with Crippen LogP contribution in [0.25, 0.3) is 0 Å². The van der Waals surface area contributed by atoms with Crippen molar-refractivity contribution in [3.05, 3.63) is 0 Å². The molecule has 0 aromatic heterocycles. The van der Waals surface area contributed by atoms with E-state index in [9.17, 15) is 4.79 Å². The highest BCUT2D eigenvalue weighted by Crippen LogP contribution is 2.25. The second-order valence-corrected chi connectivity index (χ2v) is 5.92. The second-order valence-electron chi connectivity index (χ2n) is 5.92. The first-order valence-corrected chi connectivity index (χ1v) is 5.36. The minimum atomic E-state index is -0.139. The van der Waals surface area contributed by atoms with Crippen LogP contribution in [-0.2, 0) is 14.3 Å². The molecule has 0 aromatic carbocycles. The first-order valence-electron chi connectivity index (χ1n) is 5.36. The van der Waals surface area contributed by atoms with Gasteiger partial charge < -0.3 is 14.3 Å². The zero-order chi connectivity index (χ0) is 12.1. The van der Waals surface area contributed by atoms with E-state index in [4.69, 9.17) is 9.47 Å². The molecule has 1 saturated heterocycles. The van der Waals surface area contributed by atoms with E-state index in [1.54, 1.807) is 0 Å². The van der Waals surface area contributed by atoms with Gasteiger partial charge in [0.1, 0.15) is 6.29 Å². The van der Waals surface area contributed by atoms with Crippen molar-refractivity contribution in [3.63, 3.8) is 0 Å². The molecule has 0 N–H and O–H groups in total. The standard InChI is InChI=1S/C7H14O2.C5H10O/c1-7(2,3)6-8-4-5-9-6;1-5(2,3)4-6/h6H,4-5H2,1-3H3;4H,1-3H3. The van der Waals surface area contributed by atoms with E-state index < -0.39 is 0 Å². The first kappa shape index (κ1) is 14.6. The summed E-state index contributed by atoms with van der Waals surface area (Å²) in [6.45, 7) is 13.5. The Bertz CT molecular complexity index is 180. The van der Waals surface area contributed by atoms with E-state index in [-0.39, 0.29) is 17.1 Å². The monoisotopic (exact) mass is 216 g/mol. The summed E-state index contributed by atoms with van der Waals surface area (Å²) in [4.78, 5) is 9.83. The molecular weight excluding hydrogens is 192 g/mol. The number of carbonyl (C=O) groups is 1. The van der Waals surface area contributed by atoms with Gasteiger partial charge in [-0.2, -0.15) is 0 Å². The lowest BCUT2D eigenvalue weighted by molar-refractivity contribution is -0.113. The van der Waals surface area contributed by atoms with Gasteiger partial charge in [-0.3, -0.25) is 0 Å². The van der Waals surface area contributed by atoms with E-state index in [0.29, 0.717) is 0 Å². The molecule has 0 radical (unpaired) electrons. The van der Waals surface area contributed by atoms with Gasteiger partial charge in [-0.05, 0) is 0 Å². The fourth-order valence-electron chi connectivity index (χ4n) is 0.858. The van der Waals surface area contributed by atoms with Crippen molar-refractivity contribution in [1.29, 1.82) is 0 Å². The molecule has 0 bridgehead atoms. The maximum atomic E-state index is 9.83. The molecule has 1 heterocycles. The quantitative estimate of drug-likeness (QED) is 0.584. The Balaban J connectivity index is 0.000000288. The van der Waals surface area contributed by atoms with E-state index in [2.05, 4.69) is 20.8 Å². The van der Waals surface area contributed by atoms with Gasteiger partial charge in [-0.1, -0.05) is 41.5 Å². The molecule has 1 rings (SSSR count). The summed E-state index contributed by atoms with van der Waals surface area (Å²) >= 11 is 0. The predicted octanol–water partition coefficient (Wildman–Crippen LogP) is 2.64. The van der Waals surface area contributed by atoms with Crippen LogP contribution >= 0.6 is 0 Å². The molecule has 0 aromatic rings. The van der Waals surface area contributed by atoms with Crippen LogP contribution in [-0.4, -0.2) is 25.8 Å². The van der Waals surface area contributed by atoms with E-state index in [1.807, 2.05) is 20.8 Å². The van der Waals surface area contributed by atoms with Crippen LogP contribution in [0.3, 0.4) is 0 Å². The van der Waals surface area contributed by atoms with Crippen LogP contribution in [0.1, 0.15) is 41.5 Å². The maximum Gasteiger partial charge on any atom is 0.162 e. The van der Waals surface area contributed by atoms with E-state index in [0.717, 1.165) is 19.5 Å². The van der Waals surface area contributed by atoms with Crippen molar-refractivity contribution in [3.8, 4) is 0 Å². The molecule has 1 fully saturated rings. The van der Waals surface area contributed by atoms with Crippen LogP contribution in [0, 0.1) is 10.8 Å². The van der Waals surface area contributed by atoms with Gasteiger partial charge in [0.05, 0.1) is 13.2 Å². The zero-order valence-electron chi connectivity index (χ0n) is 10.8. The van der Waals surface area contributed by atoms with E-state index in [1.165, 1.54) is 0 Å². The highest BCUT2D eigenvalue weighted by atomic mass is 16.7. The minimum absolute atomic E-state index is 0.0116. The fraction of sp³-hybridized carbons (Fsp3) is 0.917. The van der Waals surface area contributed by atoms with Crippen molar-refractivity contribution >= 4 is 6.29 Å². The van der Waals surface area contributed by atoms with Gasteiger partial charge in [0, 0.05) is 10.8 Å². The maximum absolute atomic E-state index is 9.83. The molecule has 0 atom stereocenters. The lowest BCUT2D eigenvalue weighted by Crippen LogP contribution is -2.26. The molecule has 1 aliphatic heterocycles. The molecule has 90 valence electrons. The first-order chi connectivity index (χ1) is 6.67. The molecule has 3 nitrogen and oxygen atoms in total. The summed E-state index contributed by atoms with van der Waals surface area (Å²) < 4.78 is 10.6. The number of rotatable bonds is 0. The van der Waals surface area contributed by atoms with Crippen molar-refractivity contribution in [2.75, 3.05) is 13.2 Å². The number of hydrogen-bond acceptors (Lipinski definition) is 3. The third-order valence-electron chi connectivity index (χ3n) is 1.68. The molecule has 0 saturated carbocycles. The Kier molecular flexibility index (Phi) is 5.46. The summed E-state index contributed by atoms with van der Waals surface area (Å²) in [5.74, 6) is 0. The Labute approximate surface area is 93.1 Å². The van der Waals surface area contributed by atoms with Crippen molar-refractivity contribution in [1.82, 2.24) is 0 Å². The van der Waals surface area contributed by atoms with Gasteiger partial charge in [-0.25, -0.2) is 0 Å². The third kappa shape index (κ3) is 7.51. The summed E-state index contributed by atoms with van der Waals surface area (Å²) in [6.07, 6.45) is 0.949. The second kappa shape index (κ2) is 5.61. The highest BCUT2D eigenvalue weighted by Gasteiger charge is 2.29. The smallest absolute Gasteiger partial charge is 0.162 e. The normalized spacial score (nSPS) is 18.3. The summed E-state index contributed by atoms with van der Waals surface area (Å²) in [6, 6.07) is 0. The van der Waals surface area contributed by atoms with Crippen molar-refractivity contribution in [2.24, 2.45) is 10.8 Å². The number of ether oxygens (including phenoxy) is 2. The molecular formula is C12H24O3. The van der Waals surface area contributed by atoms with Gasteiger partial charge in [0.2, 0.25) is 0 Å².